The molecule has 0 amide bonds. The van der Waals surface area contributed by atoms with Gasteiger partial charge in [0.05, 0.1) is 11.7 Å². The Kier molecular flexibility index (Phi) is 2.13. The molecule has 0 spiro atoms. The Balaban J connectivity index is 1.76. The quantitative estimate of drug-likeness (QED) is 0.870. The molecule has 4 bridgehead atoms. The molecular weight excluding hydrogens is 222 g/mol. The van der Waals surface area contributed by atoms with Gasteiger partial charge < -0.3 is 5.73 Å². The standard InChI is InChI=1S/C15H23N3/c1-2-13-9-17-18(14(13)16)15-6-10-3-11(7-15)5-12(4-10)8-15/h9-12H,2-8,16H2,1H3. The van der Waals surface area contributed by atoms with Gasteiger partial charge in [-0.25, -0.2) is 4.68 Å². The number of rotatable bonds is 2. The number of nitrogens with zero attached hydrogens (tertiary/aromatic N) is 2. The third-order valence-corrected chi connectivity index (χ3v) is 5.72. The van der Waals surface area contributed by atoms with Crippen molar-refractivity contribution < 1.29 is 0 Å². The van der Waals surface area contributed by atoms with E-state index in [1.54, 1.807) is 0 Å². The molecule has 3 nitrogen and oxygen atoms in total. The Labute approximate surface area is 109 Å². The highest BCUT2D eigenvalue weighted by atomic mass is 15.4. The minimum absolute atomic E-state index is 0.284. The van der Waals surface area contributed by atoms with Crippen molar-refractivity contribution in [2.24, 2.45) is 17.8 Å². The van der Waals surface area contributed by atoms with E-state index in [-0.39, 0.29) is 5.54 Å². The number of nitrogen functional groups attached to an aromatic ring is 1. The summed E-state index contributed by atoms with van der Waals surface area (Å²) >= 11 is 0. The van der Waals surface area contributed by atoms with Crippen molar-refractivity contribution in [3.63, 3.8) is 0 Å². The molecule has 0 unspecified atom stereocenters. The van der Waals surface area contributed by atoms with E-state index in [0.717, 1.165) is 30.0 Å². The summed E-state index contributed by atoms with van der Waals surface area (Å²) in [6, 6.07) is 0. The fourth-order valence-electron chi connectivity index (χ4n) is 5.37. The van der Waals surface area contributed by atoms with E-state index in [0.29, 0.717) is 0 Å². The first kappa shape index (κ1) is 10.9. The first-order valence-corrected chi connectivity index (χ1v) is 7.53. The fraction of sp³-hybridized carbons (Fsp3) is 0.800. The van der Waals surface area contributed by atoms with Crippen molar-refractivity contribution in [2.75, 3.05) is 5.73 Å². The molecule has 1 heterocycles. The molecule has 0 atom stereocenters. The van der Waals surface area contributed by atoms with Gasteiger partial charge in [-0.2, -0.15) is 5.10 Å². The summed E-state index contributed by atoms with van der Waals surface area (Å²) in [7, 11) is 0. The minimum atomic E-state index is 0.284. The van der Waals surface area contributed by atoms with Gasteiger partial charge in [-0.15, -0.1) is 0 Å². The second-order valence-electron chi connectivity index (χ2n) is 6.96. The number of nitrogens with two attached hydrogens (primary N) is 1. The van der Waals surface area contributed by atoms with E-state index in [1.165, 1.54) is 44.1 Å². The monoisotopic (exact) mass is 245 g/mol. The van der Waals surface area contributed by atoms with Crippen LogP contribution in [0.1, 0.15) is 51.0 Å². The Bertz CT molecular complexity index is 439. The van der Waals surface area contributed by atoms with Crippen LogP contribution >= 0.6 is 0 Å². The van der Waals surface area contributed by atoms with Gasteiger partial charge in [0.1, 0.15) is 5.82 Å². The van der Waals surface area contributed by atoms with Crippen LogP contribution in [-0.2, 0) is 12.0 Å². The highest BCUT2D eigenvalue weighted by molar-refractivity contribution is 5.40. The van der Waals surface area contributed by atoms with E-state index in [2.05, 4.69) is 16.7 Å². The molecule has 0 saturated heterocycles. The lowest BCUT2D eigenvalue weighted by atomic mass is 9.53. The zero-order chi connectivity index (χ0) is 12.3. The van der Waals surface area contributed by atoms with Crippen molar-refractivity contribution in [2.45, 2.75) is 57.4 Å². The van der Waals surface area contributed by atoms with Gasteiger partial charge >= 0.3 is 0 Å². The lowest BCUT2D eigenvalue weighted by Crippen LogP contribution is -2.52. The van der Waals surface area contributed by atoms with Crippen molar-refractivity contribution >= 4 is 5.82 Å². The van der Waals surface area contributed by atoms with Gasteiger partial charge in [-0.05, 0) is 62.7 Å². The zero-order valence-electron chi connectivity index (χ0n) is 11.2. The van der Waals surface area contributed by atoms with Gasteiger partial charge in [0.2, 0.25) is 0 Å². The van der Waals surface area contributed by atoms with Crippen LogP contribution in [0.5, 0.6) is 0 Å². The van der Waals surface area contributed by atoms with Crippen LogP contribution in [0.15, 0.2) is 6.20 Å². The molecule has 0 radical (unpaired) electrons. The highest BCUT2D eigenvalue weighted by Gasteiger charge is 2.52. The van der Waals surface area contributed by atoms with Crippen LogP contribution < -0.4 is 5.73 Å². The minimum Gasteiger partial charge on any atom is -0.384 e. The molecule has 1 aromatic rings. The molecule has 3 heteroatoms. The predicted octanol–water partition coefficient (Wildman–Crippen LogP) is 2.95. The van der Waals surface area contributed by atoms with Crippen LogP contribution in [-0.4, -0.2) is 9.78 Å². The topological polar surface area (TPSA) is 43.8 Å². The molecule has 4 fully saturated rings. The lowest BCUT2D eigenvalue weighted by Gasteiger charge is -2.56. The van der Waals surface area contributed by atoms with E-state index >= 15 is 0 Å². The molecule has 0 aromatic carbocycles. The van der Waals surface area contributed by atoms with E-state index in [1.807, 2.05) is 6.20 Å². The van der Waals surface area contributed by atoms with Crippen molar-refractivity contribution in [3.8, 4) is 0 Å². The summed E-state index contributed by atoms with van der Waals surface area (Å²) in [5, 5.41) is 4.67. The molecule has 18 heavy (non-hydrogen) atoms. The third-order valence-electron chi connectivity index (χ3n) is 5.72. The maximum absolute atomic E-state index is 6.34. The van der Waals surface area contributed by atoms with Crippen molar-refractivity contribution in [1.29, 1.82) is 0 Å². The average molecular weight is 245 g/mol. The lowest BCUT2D eigenvalue weighted by molar-refractivity contribution is -0.0481. The summed E-state index contributed by atoms with van der Waals surface area (Å²) < 4.78 is 2.22. The first-order valence-electron chi connectivity index (χ1n) is 7.53. The summed E-state index contributed by atoms with van der Waals surface area (Å²) in [6.07, 6.45) is 11.4. The van der Waals surface area contributed by atoms with E-state index < -0.39 is 0 Å². The van der Waals surface area contributed by atoms with Crippen LogP contribution in [0.25, 0.3) is 0 Å². The maximum Gasteiger partial charge on any atom is 0.125 e. The molecule has 5 rings (SSSR count). The number of hydrogen-bond acceptors (Lipinski definition) is 2. The summed E-state index contributed by atoms with van der Waals surface area (Å²) in [5.74, 6) is 3.79. The number of hydrogen-bond donors (Lipinski definition) is 1. The smallest absolute Gasteiger partial charge is 0.125 e. The third kappa shape index (κ3) is 1.33. The normalized spacial score (nSPS) is 41.5. The molecule has 4 aliphatic rings. The van der Waals surface area contributed by atoms with Gasteiger partial charge in [0, 0.05) is 5.56 Å². The molecule has 2 N–H and O–H groups in total. The van der Waals surface area contributed by atoms with Crippen LogP contribution in [0, 0.1) is 17.8 Å². The molecule has 1 aromatic heterocycles. The molecule has 98 valence electrons. The van der Waals surface area contributed by atoms with Crippen LogP contribution in [0.3, 0.4) is 0 Å². The second kappa shape index (κ2) is 3.52. The molecule has 0 aliphatic heterocycles. The molecular formula is C15H23N3. The summed E-state index contributed by atoms with van der Waals surface area (Å²) in [5.41, 5.74) is 7.85. The van der Waals surface area contributed by atoms with E-state index in [4.69, 9.17) is 5.73 Å². The fourth-order valence-corrected chi connectivity index (χ4v) is 5.37. The SMILES string of the molecule is CCc1cnn(C23CC4CC(CC(C4)C2)C3)c1N. The Morgan fingerprint density at radius 1 is 1.22 bits per heavy atom. The van der Waals surface area contributed by atoms with E-state index in [9.17, 15) is 0 Å². The molecule has 4 aliphatic carbocycles. The van der Waals surface area contributed by atoms with Gasteiger partial charge in [0.25, 0.3) is 0 Å². The molecule has 4 saturated carbocycles. The highest BCUT2D eigenvalue weighted by Crippen LogP contribution is 2.59. The zero-order valence-corrected chi connectivity index (χ0v) is 11.2. The summed E-state index contributed by atoms with van der Waals surface area (Å²) in [4.78, 5) is 0. The first-order chi connectivity index (χ1) is 8.70. The largest absolute Gasteiger partial charge is 0.384 e. The van der Waals surface area contributed by atoms with Gasteiger partial charge in [-0.3, -0.25) is 0 Å². The maximum atomic E-state index is 6.34. The Morgan fingerprint density at radius 2 is 1.78 bits per heavy atom. The van der Waals surface area contributed by atoms with Gasteiger partial charge in [-0.1, -0.05) is 6.92 Å². The van der Waals surface area contributed by atoms with Crippen LogP contribution in [0.4, 0.5) is 5.82 Å². The van der Waals surface area contributed by atoms with Crippen LogP contribution in [0.2, 0.25) is 0 Å². The van der Waals surface area contributed by atoms with Gasteiger partial charge in [0.15, 0.2) is 0 Å². The predicted molar refractivity (Wildman–Crippen MR) is 72.2 cm³/mol. The average Bonchev–Trinajstić information content (AvgIpc) is 2.69. The number of aryl methyl sites for hydroxylation is 1. The van der Waals surface area contributed by atoms with Crippen molar-refractivity contribution in [3.05, 3.63) is 11.8 Å². The Morgan fingerprint density at radius 3 is 2.22 bits per heavy atom. The number of aromatic nitrogens is 2. The second-order valence-corrected chi connectivity index (χ2v) is 6.96. The van der Waals surface area contributed by atoms with Crippen molar-refractivity contribution in [1.82, 2.24) is 9.78 Å². The Hall–Kier alpha value is -0.990. The summed E-state index contributed by atoms with van der Waals surface area (Å²) in [6.45, 7) is 2.16. The number of anilines is 1.